The minimum atomic E-state index is -3.34. The van der Waals surface area contributed by atoms with Gasteiger partial charge in [-0.3, -0.25) is 0 Å². The first-order valence-corrected chi connectivity index (χ1v) is 6.83. The Morgan fingerprint density at radius 1 is 1.20 bits per heavy atom. The molecule has 0 saturated carbocycles. The lowest BCUT2D eigenvalue weighted by Gasteiger charge is -2.27. The van der Waals surface area contributed by atoms with Gasteiger partial charge in [0, 0.05) is 6.08 Å². The number of ether oxygens (including phenoxy) is 1. The van der Waals surface area contributed by atoms with Gasteiger partial charge >= 0.3 is 6.11 Å². The fraction of sp³-hybridized carbons (Fsp3) is 0.529. The number of rotatable bonds is 4. The highest BCUT2D eigenvalue weighted by molar-refractivity contribution is 5.46. The van der Waals surface area contributed by atoms with Crippen LogP contribution in [0.1, 0.15) is 57.2 Å². The summed E-state index contributed by atoms with van der Waals surface area (Å²) in [5.74, 6) is 0.455. The van der Waals surface area contributed by atoms with Gasteiger partial charge < -0.3 is 4.74 Å². The molecular weight excluding hydrogens is 258 g/mol. The van der Waals surface area contributed by atoms with Crippen molar-refractivity contribution in [3.05, 3.63) is 41.5 Å². The second-order valence-electron chi connectivity index (χ2n) is 6.48. The van der Waals surface area contributed by atoms with Gasteiger partial charge in [-0.05, 0) is 41.0 Å². The first-order valence-electron chi connectivity index (χ1n) is 6.83. The van der Waals surface area contributed by atoms with Crippen LogP contribution in [0.3, 0.4) is 0 Å². The Bertz CT molecular complexity index is 496. The summed E-state index contributed by atoms with van der Waals surface area (Å²) in [6.07, 6.45) is -2.83. The van der Waals surface area contributed by atoms with E-state index in [2.05, 4.69) is 41.2 Å². The number of halogens is 2. The van der Waals surface area contributed by atoms with Crippen LogP contribution in [0, 0.1) is 6.92 Å². The van der Waals surface area contributed by atoms with Gasteiger partial charge in [-0.1, -0.05) is 47.3 Å². The predicted molar refractivity (Wildman–Crippen MR) is 79.7 cm³/mol. The van der Waals surface area contributed by atoms with E-state index in [1.807, 2.05) is 6.07 Å². The maximum atomic E-state index is 13.3. The molecule has 20 heavy (non-hydrogen) atoms. The molecule has 0 fully saturated rings. The van der Waals surface area contributed by atoms with Gasteiger partial charge in [0.05, 0.1) is 0 Å². The largest absolute Gasteiger partial charge is 0.429 e. The smallest absolute Gasteiger partial charge is 0.419 e. The zero-order chi connectivity index (χ0) is 15.7. The van der Waals surface area contributed by atoms with Crippen LogP contribution in [0.15, 0.2) is 24.8 Å². The molecule has 0 aromatic heterocycles. The topological polar surface area (TPSA) is 9.23 Å². The molecule has 1 aromatic carbocycles. The summed E-state index contributed by atoms with van der Waals surface area (Å²) in [7, 11) is 0. The fourth-order valence-corrected chi connectivity index (χ4v) is 2.13. The van der Waals surface area contributed by atoms with Crippen LogP contribution >= 0.6 is 0 Å². The van der Waals surface area contributed by atoms with Crippen LogP contribution < -0.4 is 4.74 Å². The van der Waals surface area contributed by atoms with Gasteiger partial charge in [0.1, 0.15) is 5.75 Å². The summed E-state index contributed by atoms with van der Waals surface area (Å²) in [6.45, 7) is 15.3. The van der Waals surface area contributed by atoms with E-state index in [-0.39, 0.29) is 17.1 Å². The van der Waals surface area contributed by atoms with E-state index >= 15 is 0 Å². The van der Waals surface area contributed by atoms with Crippen molar-refractivity contribution in [2.75, 3.05) is 0 Å². The van der Waals surface area contributed by atoms with E-state index < -0.39 is 6.11 Å². The maximum Gasteiger partial charge on any atom is 0.419 e. The van der Waals surface area contributed by atoms with E-state index in [9.17, 15) is 8.78 Å². The minimum Gasteiger partial charge on any atom is -0.429 e. The fourth-order valence-electron chi connectivity index (χ4n) is 2.13. The van der Waals surface area contributed by atoms with Crippen molar-refractivity contribution in [1.82, 2.24) is 0 Å². The van der Waals surface area contributed by atoms with Crippen molar-refractivity contribution in [1.29, 1.82) is 0 Å². The molecule has 0 aliphatic carbocycles. The van der Waals surface area contributed by atoms with E-state index in [0.29, 0.717) is 11.6 Å². The Kier molecular flexibility index (Phi) is 4.62. The molecule has 0 bridgehead atoms. The lowest BCUT2D eigenvalue weighted by Crippen LogP contribution is -2.22. The van der Waals surface area contributed by atoms with Gasteiger partial charge in [-0.15, -0.1) is 0 Å². The number of alkyl halides is 2. The second-order valence-corrected chi connectivity index (χ2v) is 6.48. The molecule has 1 rings (SSSR count). The van der Waals surface area contributed by atoms with Crippen LogP contribution in [0.5, 0.6) is 5.75 Å². The van der Waals surface area contributed by atoms with E-state index in [1.54, 1.807) is 13.0 Å². The van der Waals surface area contributed by atoms with Crippen molar-refractivity contribution >= 4 is 0 Å². The summed E-state index contributed by atoms with van der Waals surface area (Å²) in [5.41, 5.74) is 2.88. The van der Waals surface area contributed by atoms with E-state index in [4.69, 9.17) is 4.74 Å². The summed E-state index contributed by atoms with van der Waals surface area (Å²) in [4.78, 5) is 0. The third-order valence-corrected chi connectivity index (χ3v) is 3.26. The zero-order valence-electron chi connectivity index (χ0n) is 13.2. The molecular formula is C17H24F2O. The Hall–Kier alpha value is -1.38. The predicted octanol–water partition coefficient (Wildman–Crippen LogP) is 5.57. The van der Waals surface area contributed by atoms with Crippen LogP contribution in [-0.2, 0) is 5.41 Å². The summed E-state index contributed by atoms with van der Waals surface area (Å²) < 4.78 is 31.5. The highest BCUT2D eigenvalue weighted by atomic mass is 19.3. The highest BCUT2D eigenvalue weighted by Crippen LogP contribution is 2.36. The Balaban J connectivity index is 3.38. The van der Waals surface area contributed by atoms with Crippen molar-refractivity contribution < 1.29 is 13.5 Å². The highest BCUT2D eigenvalue weighted by Gasteiger charge is 2.29. The molecule has 112 valence electrons. The molecule has 0 aliphatic heterocycles. The molecule has 0 N–H and O–H groups in total. The maximum absolute atomic E-state index is 13.3. The van der Waals surface area contributed by atoms with Crippen LogP contribution in [0.2, 0.25) is 0 Å². The van der Waals surface area contributed by atoms with E-state index in [1.165, 1.54) is 5.56 Å². The van der Waals surface area contributed by atoms with Crippen molar-refractivity contribution in [2.45, 2.75) is 59.0 Å². The lowest BCUT2D eigenvalue weighted by molar-refractivity contribution is -0.131. The molecule has 0 heterocycles. The normalized spacial score (nSPS) is 12.7. The van der Waals surface area contributed by atoms with Gasteiger partial charge in [0.25, 0.3) is 0 Å². The third kappa shape index (κ3) is 3.81. The zero-order valence-corrected chi connectivity index (χ0v) is 13.2. The van der Waals surface area contributed by atoms with Crippen LogP contribution in [0.25, 0.3) is 0 Å². The minimum absolute atomic E-state index is 0.0378. The SMILES string of the molecule is C=CC(F)(F)Oc1cc(C(C)C)c(C(C)(C)C)cc1C. The van der Waals surface area contributed by atoms with Crippen LogP contribution in [-0.4, -0.2) is 6.11 Å². The van der Waals surface area contributed by atoms with Crippen molar-refractivity contribution in [2.24, 2.45) is 0 Å². The standard InChI is InChI=1S/C17H24F2O/c1-8-17(18,19)20-15-10-13(11(2)3)14(9-12(15)4)16(5,6)7/h8-11H,1H2,2-7H3. The first kappa shape index (κ1) is 16.7. The number of hydrogen-bond acceptors (Lipinski definition) is 1. The molecule has 0 atom stereocenters. The van der Waals surface area contributed by atoms with Gasteiger partial charge in [-0.25, -0.2) is 0 Å². The summed E-state index contributed by atoms with van der Waals surface area (Å²) >= 11 is 0. The Labute approximate surface area is 120 Å². The first-order chi connectivity index (χ1) is 8.98. The quantitative estimate of drug-likeness (QED) is 0.656. The third-order valence-electron chi connectivity index (χ3n) is 3.26. The van der Waals surface area contributed by atoms with E-state index in [0.717, 1.165) is 5.56 Å². The van der Waals surface area contributed by atoms with Gasteiger partial charge in [0.2, 0.25) is 0 Å². The number of hydrogen-bond donors (Lipinski definition) is 0. The molecule has 0 radical (unpaired) electrons. The summed E-state index contributed by atoms with van der Waals surface area (Å²) in [6, 6.07) is 3.68. The summed E-state index contributed by atoms with van der Waals surface area (Å²) in [5, 5.41) is 0. The molecule has 3 heteroatoms. The molecule has 1 nitrogen and oxygen atoms in total. The number of benzene rings is 1. The Morgan fingerprint density at radius 2 is 1.75 bits per heavy atom. The van der Waals surface area contributed by atoms with Crippen molar-refractivity contribution in [3.63, 3.8) is 0 Å². The van der Waals surface area contributed by atoms with Gasteiger partial charge in [-0.2, -0.15) is 8.78 Å². The molecule has 0 spiro atoms. The molecule has 0 unspecified atom stereocenters. The second kappa shape index (κ2) is 5.55. The Morgan fingerprint density at radius 3 is 2.15 bits per heavy atom. The monoisotopic (exact) mass is 282 g/mol. The molecule has 0 amide bonds. The average Bonchev–Trinajstić information content (AvgIpc) is 2.29. The molecule has 1 aromatic rings. The molecule has 0 saturated heterocycles. The lowest BCUT2D eigenvalue weighted by atomic mass is 9.80. The molecule has 0 aliphatic rings. The van der Waals surface area contributed by atoms with Crippen LogP contribution in [0.4, 0.5) is 8.78 Å². The number of aryl methyl sites for hydroxylation is 1. The van der Waals surface area contributed by atoms with Crippen molar-refractivity contribution in [3.8, 4) is 5.75 Å². The van der Waals surface area contributed by atoms with Gasteiger partial charge in [0.15, 0.2) is 0 Å². The average molecular weight is 282 g/mol.